The molecule has 0 aliphatic carbocycles. The number of carbonyl (C=O) groups excluding carboxylic acids is 2. The Hall–Kier alpha value is -3.15. The molecule has 3 aromatic rings. The standard InChI is InChI=1S/C27H31N3O3/c31-26-12-6-15-29(26)18-21-10-5-16-30(19-21)27(32)22-13-14-24-23(17-22)28-25(33-24)11-4-9-20-7-2-1-3-8-20/h1-3,7-8,13-14,17,21H,4-6,9-12,15-16,18-19H2. The van der Waals surface area contributed by atoms with E-state index in [0.29, 0.717) is 24.4 Å². The highest BCUT2D eigenvalue weighted by Gasteiger charge is 2.29. The molecule has 1 atom stereocenters. The van der Waals surface area contributed by atoms with Crippen LogP contribution in [0.15, 0.2) is 52.9 Å². The monoisotopic (exact) mass is 445 g/mol. The first-order valence-electron chi connectivity index (χ1n) is 12.2. The maximum atomic E-state index is 13.2. The van der Waals surface area contributed by atoms with Crippen LogP contribution < -0.4 is 0 Å². The molecule has 5 rings (SSSR count). The third-order valence-corrected chi connectivity index (χ3v) is 6.83. The number of benzene rings is 2. The zero-order valence-corrected chi connectivity index (χ0v) is 19.0. The number of piperidine rings is 1. The van der Waals surface area contributed by atoms with Crippen molar-refractivity contribution in [1.82, 2.24) is 14.8 Å². The maximum absolute atomic E-state index is 13.2. The Morgan fingerprint density at radius 3 is 2.76 bits per heavy atom. The summed E-state index contributed by atoms with van der Waals surface area (Å²) in [6.45, 7) is 3.12. The molecule has 0 N–H and O–H groups in total. The third-order valence-electron chi connectivity index (χ3n) is 6.83. The van der Waals surface area contributed by atoms with Crippen molar-refractivity contribution in [3.05, 3.63) is 65.5 Å². The summed E-state index contributed by atoms with van der Waals surface area (Å²) in [6, 6.07) is 16.0. The van der Waals surface area contributed by atoms with Gasteiger partial charge in [0.25, 0.3) is 5.91 Å². The molecule has 3 heterocycles. The molecule has 172 valence electrons. The Bertz CT molecular complexity index is 1120. The Morgan fingerprint density at radius 2 is 1.94 bits per heavy atom. The van der Waals surface area contributed by atoms with Gasteiger partial charge in [-0.05, 0) is 61.8 Å². The molecule has 2 amide bonds. The average molecular weight is 446 g/mol. The van der Waals surface area contributed by atoms with Crippen LogP contribution in [0.25, 0.3) is 11.1 Å². The summed E-state index contributed by atoms with van der Waals surface area (Å²) >= 11 is 0. The van der Waals surface area contributed by atoms with Crippen LogP contribution in [-0.4, -0.2) is 52.8 Å². The molecule has 1 unspecified atom stereocenters. The smallest absolute Gasteiger partial charge is 0.253 e. The van der Waals surface area contributed by atoms with Crippen molar-refractivity contribution in [2.75, 3.05) is 26.2 Å². The van der Waals surface area contributed by atoms with E-state index in [1.807, 2.05) is 34.1 Å². The molecule has 2 fully saturated rings. The number of hydrogen-bond donors (Lipinski definition) is 0. The summed E-state index contributed by atoms with van der Waals surface area (Å²) < 4.78 is 5.91. The van der Waals surface area contributed by atoms with Crippen molar-refractivity contribution in [2.24, 2.45) is 5.92 Å². The number of oxazole rings is 1. The highest BCUT2D eigenvalue weighted by Crippen LogP contribution is 2.24. The van der Waals surface area contributed by atoms with Gasteiger partial charge in [0.2, 0.25) is 5.91 Å². The molecule has 0 saturated carbocycles. The number of amides is 2. The zero-order chi connectivity index (χ0) is 22.6. The minimum atomic E-state index is 0.0444. The van der Waals surface area contributed by atoms with Gasteiger partial charge in [-0.3, -0.25) is 9.59 Å². The van der Waals surface area contributed by atoms with Crippen LogP contribution >= 0.6 is 0 Å². The van der Waals surface area contributed by atoms with Crippen LogP contribution in [0, 0.1) is 5.92 Å². The molecular formula is C27H31N3O3. The maximum Gasteiger partial charge on any atom is 0.253 e. The highest BCUT2D eigenvalue weighted by molar-refractivity contribution is 5.97. The van der Waals surface area contributed by atoms with E-state index in [1.54, 1.807) is 0 Å². The summed E-state index contributed by atoms with van der Waals surface area (Å²) in [5, 5.41) is 0. The van der Waals surface area contributed by atoms with Gasteiger partial charge in [-0.25, -0.2) is 4.98 Å². The second-order valence-electron chi connectivity index (χ2n) is 9.33. The number of nitrogens with zero attached hydrogens (tertiary/aromatic N) is 3. The Morgan fingerprint density at radius 1 is 1.06 bits per heavy atom. The first-order chi connectivity index (χ1) is 16.2. The number of hydrogen-bond acceptors (Lipinski definition) is 4. The molecule has 1 aromatic heterocycles. The number of likely N-dealkylation sites (tertiary alicyclic amines) is 2. The van der Waals surface area contributed by atoms with Crippen molar-refractivity contribution in [2.45, 2.75) is 44.9 Å². The van der Waals surface area contributed by atoms with Crippen LogP contribution in [0.2, 0.25) is 0 Å². The Balaban J connectivity index is 1.20. The molecule has 2 saturated heterocycles. The number of fused-ring (bicyclic) bond motifs is 1. The van der Waals surface area contributed by atoms with Crippen LogP contribution in [-0.2, 0) is 17.6 Å². The van der Waals surface area contributed by atoms with E-state index in [1.165, 1.54) is 5.56 Å². The fraction of sp³-hybridized carbons (Fsp3) is 0.444. The Kier molecular flexibility index (Phi) is 6.42. The fourth-order valence-electron chi connectivity index (χ4n) is 5.09. The highest BCUT2D eigenvalue weighted by atomic mass is 16.3. The summed E-state index contributed by atoms with van der Waals surface area (Å²) in [4.78, 5) is 33.7. The lowest BCUT2D eigenvalue weighted by molar-refractivity contribution is -0.128. The van der Waals surface area contributed by atoms with Crippen molar-refractivity contribution in [3.8, 4) is 0 Å². The van der Waals surface area contributed by atoms with Gasteiger partial charge < -0.3 is 14.2 Å². The van der Waals surface area contributed by atoms with Gasteiger partial charge in [0, 0.05) is 44.6 Å². The number of rotatable bonds is 7. The normalized spacial score (nSPS) is 18.9. The number of aryl methyl sites for hydroxylation is 2. The quantitative estimate of drug-likeness (QED) is 0.538. The molecule has 6 heteroatoms. The third kappa shape index (κ3) is 5.10. The summed E-state index contributed by atoms with van der Waals surface area (Å²) in [5.74, 6) is 1.38. The van der Waals surface area contributed by atoms with Gasteiger partial charge in [0.1, 0.15) is 5.52 Å². The van der Waals surface area contributed by atoms with Gasteiger partial charge >= 0.3 is 0 Å². The lowest BCUT2D eigenvalue weighted by atomic mass is 9.96. The van der Waals surface area contributed by atoms with Crippen molar-refractivity contribution < 1.29 is 14.0 Å². The van der Waals surface area contributed by atoms with E-state index < -0.39 is 0 Å². The summed E-state index contributed by atoms with van der Waals surface area (Å²) in [5.41, 5.74) is 3.44. The lowest BCUT2D eigenvalue weighted by Gasteiger charge is -2.34. The topological polar surface area (TPSA) is 66.7 Å². The van der Waals surface area contributed by atoms with Crippen molar-refractivity contribution in [3.63, 3.8) is 0 Å². The second kappa shape index (κ2) is 9.77. The molecular weight excluding hydrogens is 414 g/mol. The molecule has 6 nitrogen and oxygen atoms in total. The molecule has 2 aromatic carbocycles. The molecule has 2 aliphatic rings. The van der Waals surface area contributed by atoms with Crippen LogP contribution in [0.5, 0.6) is 0 Å². The first-order valence-corrected chi connectivity index (χ1v) is 12.2. The minimum absolute atomic E-state index is 0.0444. The predicted molar refractivity (Wildman–Crippen MR) is 127 cm³/mol. The molecule has 2 aliphatic heterocycles. The molecule has 0 bridgehead atoms. The van der Waals surface area contributed by atoms with Crippen LogP contribution in [0.1, 0.15) is 53.9 Å². The largest absolute Gasteiger partial charge is 0.441 e. The van der Waals surface area contributed by atoms with Gasteiger partial charge in [0.15, 0.2) is 11.5 Å². The van der Waals surface area contributed by atoms with Gasteiger partial charge in [-0.15, -0.1) is 0 Å². The van der Waals surface area contributed by atoms with E-state index in [-0.39, 0.29) is 11.8 Å². The minimum Gasteiger partial charge on any atom is -0.441 e. The first kappa shape index (κ1) is 21.7. The predicted octanol–water partition coefficient (Wildman–Crippen LogP) is 4.48. The second-order valence-corrected chi connectivity index (χ2v) is 9.33. The molecule has 0 spiro atoms. The van der Waals surface area contributed by atoms with Gasteiger partial charge in [0.05, 0.1) is 0 Å². The van der Waals surface area contributed by atoms with Crippen molar-refractivity contribution >= 4 is 22.9 Å². The van der Waals surface area contributed by atoms with E-state index >= 15 is 0 Å². The number of carbonyl (C=O) groups is 2. The molecule has 0 radical (unpaired) electrons. The fourth-order valence-corrected chi connectivity index (χ4v) is 5.09. The Labute approximate surface area is 194 Å². The van der Waals surface area contributed by atoms with Gasteiger partial charge in [-0.2, -0.15) is 0 Å². The van der Waals surface area contributed by atoms with Gasteiger partial charge in [-0.1, -0.05) is 30.3 Å². The zero-order valence-electron chi connectivity index (χ0n) is 19.0. The van der Waals surface area contributed by atoms with E-state index in [9.17, 15) is 9.59 Å². The molecule has 33 heavy (non-hydrogen) atoms. The summed E-state index contributed by atoms with van der Waals surface area (Å²) in [7, 11) is 0. The number of aromatic nitrogens is 1. The van der Waals surface area contributed by atoms with Crippen molar-refractivity contribution in [1.29, 1.82) is 0 Å². The van der Waals surface area contributed by atoms with E-state index in [4.69, 9.17) is 4.42 Å². The summed E-state index contributed by atoms with van der Waals surface area (Å²) in [6.07, 6.45) is 6.41. The van der Waals surface area contributed by atoms with E-state index in [0.717, 1.165) is 75.1 Å². The lowest BCUT2D eigenvalue weighted by Crippen LogP contribution is -2.44. The van der Waals surface area contributed by atoms with E-state index in [2.05, 4.69) is 29.2 Å². The van der Waals surface area contributed by atoms with Crippen LogP contribution in [0.4, 0.5) is 0 Å². The average Bonchev–Trinajstić information content (AvgIpc) is 3.44. The van der Waals surface area contributed by atoms with Crippen LogP contribution in [0.3, 0.4) is 0 Å². The SMILES string of the molecule is O=C1CCCN1CC1CCCN(C(=O)c2ccc3oc(CCCc4ccccc4)nc3c2)C1.